The predicted molar refractivity (Wildman–Crippen MR) is 74.3 cm³/mol. The topological polar surface area (TPSA) is 55.1 Å². The Hall–Kier alpha value is -2.14. The molecule has 1 unspecified atom stereocenters. The van der Waals surface area contributed by atoms with Gasteiger partial charge in [0.1, 0.15) is 0 Å². The monoisotopic (exact) mass is 273 g/mol. The lowest BCUT2D eigenvalue weighted by Gasteiger charge is -2.14. The molecule has 0 aliphatic carbocycles. The van der Waals surface area contributed by atoms with Gasteiger partial charge < -0.3 is 5.32 Å². The Morgan fingerprint density at radius 3 is 3.00 bits per heavy atom. The highest BCUT2D eigenvalue weighted by Crippen LogP contribution is 2.24. The van der Waals surface area contributed by atoms with Crippen LogP contribution in [0, 0.1) is 0 Å². The number of anilines is 1. The van der Waals surface area contributed by atoms with Crippen LogP contribution < -0.4 is 5.32 Å². The van der Waals surface area contributed by atoms with Gasteiger partial charge in [-0.1, -0.05) is 17.7 Å². The summed E-state index contributed by atoms with van der Waals surface area (Å²) in [7, 11) is 0. The van der Waals surface area contributed by atoms with Crippen LogP contribution >= 0.6 is 11.6 Å². The third-order valence-corrected chi connectivity index (χ3v) is 3.17. The van der Waals surface area contributed by atoms with Gasteiger partial charge in [0.05, 0.1) is 16.8 Å². The summed E-state index contributed by atoms with van der Waals surface area (Å²) < 4.78 is 1.95. The van der Waals surface area contributed by atoms with Gasteiger partial charge >= 0.3 is 0 Å². The Kier molecular flexibility index (Phi) is 3.05. The molecule has 0 aliphatic heterocycles. The van der Waals surface area contributed by atoms with Crippen molar-refractivity contribution in [3.05, 3.63) is 53.7 Å². The minimum atomic E-state index is -0.0164. The zero-order valence-corrected chi connectivity index (χ0v) is 11.0. The smallest absolute Gasteiger partial charge is 0.160 e. The number of halogens is 1. The maximum atomic E-state index is 6.08. The van der Waals surface area contributed by atoms with Crippen LogP contribution in [0.3, 0.4) is 0 Å². The van der Waals surface area contributed by atoms with Crippen molar-refractivity contribution >= 4 is 22.9 Å². The number of nitrogens with one attached hydrogen (secondary N) is 1. The van der Waals surface area contributed by atoms with Crippen molar-refractivity contribution in [2.24, 2.45) is 0 Å². The third-order valence-electron chi connectivity index (χ3n) is 2.87. The summed E-state index contributed by atoms with van der Waals surface area (Å²) >= 11 is 6.08. The van der Waals surface area contributed by atoms with Crippen LogP contribution in [0.1, 0.15) is 18.8 Å². The van der Waals surface area contributed by atoms with E-state index in [-0.39, 0.29) is 6.04 Å². The second-order valence-electron chi connectivity index (χ2n) is 4.21. The first-order chi connectivity index (χ1) is 9.25. The predicted octanol–water partition coefficient (Wildman–Crippen LogP) is 2.95. The van der Waals surface area contributed by atoms with E-state index in [2.05, 4.69) is 20.5 Å². The number of hydrogen-bond acceptors (Lipinski definition) is 4. The van der Waals surface area contributed by atoms with E-state index in [0.717, 1.165) is 17.2 Å². The summed E-state index contributed by atoms with van der Waals surface area (Å²) in [5, 5.41) is 12.2. The second-order valence-corrected chi connectivity index (χ2v) is 4.62. The van der Waals surface area contributed by atoms with Gasteiger partial charge in [0, 0.05) is 18.6 Å². The van der Waals surface area contributed by atoms with E-state index in [0.29, 0.717) is 5.02 Å². The minimum absolute atomic E-state index is 0.0164. The van der Waals surface area contributed by atoms with Gasteiger partial charge in [0.25, 0.3) is 0 Å². The average molecular weight is 274 g/mol. The molecule has 0 aromatic carbocycles. The molecule has 1 atom stereocenters. The van der Waals surface area contributed by atoms with Crippen LogP contribution in [-0.4, -0.2) is 19.6 Å². The molecule has 0 aliphatic rings. The SMILES string of the molecule is CC(Nc1ccncc1Cl)c1nnc2ccccn12. The zero-order chi connectivity index (χ0) is 13.2. The molecular weight excluding hydrogens is 262 g/mol. The minimum Gasteiger partial charge on any atom is -0.374 e. The van der Waals surface area contributed by atoms with Gasteiger partial charge in [-0.05, 0) is 25.1 Å². The fourth-order valence-electron chi connectivity index (χ4n) is 1.95. The molecule has 0 spiro atoms. The molecule has 5 nitrogen and oxygen atoms in total. The molecule has 0 amide bonds. The summed E-state index contributed by atoms with van der Waals surface area (Å²) in [6.07, 6.45) is 5.25. The normalized spacial score (nSPS) is 12.5. The van der Waals surface area contributed by atoms with Crippen molar-refractivity contribution in [2.75, 3.05) is 5.32 Å². The fraction of sp³-hybridized carbons (Fsp3) is 0.154. The molecule has 3 heterocycles. The largest absolute Gasteiger partial charge is 0.374 e. The van der Waals surface area contributed by atoms with E-state index in [9.17, 15) is 0 Å². The van der Waals surface area contributed by atoms with Crippen molar-refractivity contribution in [3.8, 4) is 0 Å². The Labute approximate surface area is 115 Å². The molecule has 3 aromatic rings. The number of rotatable bonds is 3. The molecule has 6 heteroatoms. The van der Waals surface area contributed by atoms with Gasteiger partial charge in [-0.25, -0.2) is 0 Å². The lowest BCUT2D eigenvalue weighted by Crippen LogP contribution is -2.11. The quantitative estimate of drug-likeness (QED) is 0.797. The Bertz CT molecular complexity index is 709. The summed E-state index contributed by atoms with van der Waals surface area (Å²) in [5.41, 5.74) is 1.66. The number of aromatic nitrogens is 4. The number of hydrogen-bond donors (Lipinski definition) is 1. The molecule has 3 aromatic heterocycles. The number of pyridine rings is 2. The lowest BCUT2D eigenvalue weighted by atomic mass is 10.3. The summed E-state index contributed by atoms with van der Waals surface area (Å²) in [6, 6.07) is 7.62. The van der Waals surface area contributed by atoms with Crippen molar-refractivity contribution in [1.82, 2.24) is 19.6 Å². The first kappa shape index (κ1) is 11.9. The van der Waals surface area contributed by atoms with Crippen LogP contribution in [0.15, 0.2) is 42.9 Å². The Balaban J connectivity index is 1.92. The average Bonchev–Trinajstić information content (AvgIpc) is 2.85. The molecule has 0 saturated carbocycles. The standard InChI is InChI=1S/C13H12ClN5/c1-9(16-11-5-6-15-8-10(11)14)13-18-17-12-4-2-3-7-19(12)13/h2-9H,1H3,(H,15,16). The first-order valence-electron chi connectivity index (χ1n) is 5.91. The first-order valence-corrected chi connectivity index (χ1v) is 6.29. The maximum absolute atomic E-state index is 6.08. The van der Waals surface area contributed by atoms with Crippen LogP contribution in [0.4, 0.5) is 5.69 Å². The molecule has 0 saturated heterocycles. The van der Waals surface area contributed by atoms with E-state index < -0.39 is 0 Å². The molecular formula is C13H12ClN5. The molecule has 3 rings (SSSR count). The summed E-state index contributed by atoms with van der Waals surface area (Å²) in [4.78, 5) is 3.96. The number of fused-ring (bicyclic) bond motifs is 1. The van der Waals surface area contributed by atoms with Crippen LogP contribution in [0.5, 0.6) is 0 Å². The van der Waals surface area contributed by atoms with Gasteiger partial charge in [0.15, 0.2) is 11.5 Å². The second kappa shape index (κ2) is 4.85. The van der Waals surface area contributed by atoms with Gasteiger partial charge in [-0.3, -0.25) is 9.38 Å². The van der Waals surface area contributed by atoms with Crippen LogP contribution in [0.25, 0.3) is 5.65 Å². The maximum Gasteiger partial charge on any atom is 0.160 e. The highest BCUT2D eigenvalue weighted by Gasteiger charge is 2.13. The molecule has 1 N–H and O–H groups in total. The van der Waals surface area contributed by atoms with E-state index in [1.54, 1.807) is 12.4 Å². The van der Waals surface area contributed by atoms with Crippen molar-refractivity contribution < 1.29 is 0 Å². The van der Waals surface area contributed by atoms with Gasteiger partial charge in [0.2, 0.25) is 0 Å². The molecule has 0 bridgehead atoms. The van der Waals surface area contributed by atoms with Crippen molar-refractivity contribution in [1.29, 1.82) is 0 Å². The molecule has 96 valence electrons. The van der Waals surface area contributed by atoms with E-state index in [4.69, 9.17) is 11.6 Å². The summed E-state index contributed by atoms with van der Waals surface area (Å²) in [5.74, 6) is 0.837. The van der Waals surface area contributed by atoms with E-state index >= 15 is 0 Å². The third kappa shape index (κ3) is 2.24. The fourth-order valence-corrected chi connectivity index (χ4v) is 2.12. The van der Waals surface area contributed by atoms with Crippen LogP contribution in [-0.2, 0) is 0 Å². The van der Waals surface area contributed by atoms with E-state index in [1.165, 1.54) is 0 Å². The van der Waals surface area contributed by atoms with Crippen molar-refractivity contribution in [2.45, 2.75) is 13.0 Å². The molecule has 0 fully saturated rings. The van der Waals surface area contributed by atoms with Gasteiger partial charge in [-0.15, -0.1) is 10.2 Å². The lowest BCUT2D eigenvalue weighted by molar-refractivity contribution is 0.773. The Morgan fingerprint density at radius 2 is 2.16 bits per heavy atom. The molecule has 0 radical (unpaired) electrons. The number of nitrogens with zero attached hydrogens (tertiary/aromatic N) is 4. The van der Waals surface area contributed by atoms with Crippen LogP contribution in [0.2, 0.25) is 5.02 Å². The molecule has 19 heavy (non-hydrogen) atoms. The summed E-state index contributed by atoms with van der Waals surface area (Å²) in [6.45, 7) is 2.01. The van der Waals surface area contributed by atoms with Crippen molar-refractivity contribution in [3.63, 3.8) is 0 Å². The highest BCUT2D eigenvalue weighted by molar-refractivity contribution is 6.33. The Morgan fingerprint density at radius 1 is 1.26 bits per heavy atom. The zero-order valence-electron chi connectivity index (χ0n) is 10.3. The van der Waals surface area contributed by atoms with E-state index in [1.807, 2.05) is 41.8 Å². The van der Waals surface area contributed by atoms with Gasteiger partial charge in [-0.2, -0.15) is 0 Å². The highest BCUT2D eigenvalue weighted by atomic mass is 35.5.